The SMILES string of the molecule is CC(C[C@@H]1O[C@H](CO)[C@H](O)[C@H](O)[C@H]1O)Nc1ccccc1. The zero-order chi connectivity index (χ0) is 15.4. The van der Waals surface area contributed by atoms with E-state index in [0.29, 0.717) is 6.42 Å². The van der Waals surface area contributed by atoms with E-state index < -0.39 is 37.1 Å². The van der Waals surface area contributed by atoms with Crippen LogP contribution in [0.4, 0.5) is 5.69 Å². The van der Waals surface area contributed by atoms with Crippen molar-refractivity contribution in [2.75, 3.05) is 11.9 Å². The second-order valence-electron chi connectivity index (χ2n) is 5.51. The normalized spacial score (nSPS) is 34.4. The van der Waals surface area contributed by atoms with Crippen molar-refractivity contribution < 1.29 is 25.2 Å². The molecule has 1 saturated heterocycles. The molecular formula is C15H23NO5. The van der Waals surface area contributed by atoms with Crippen molar-refractivity contribution in [1.29, 1.82) is 0 Å². The summed E-state index contributed by atoms with van der Waals surface area (Å²) >= 11 is 0. The molecule has 1 aromatic rings. The van der Waals surface area contributed by atoms with E-state index in [1.165, 1.54) is 0 Å². The summed E-state index contributed by atoms with van der Waals surface area (Å²) in [5, 5.41) is 41.9. The van der Waals surface area contributed by atoms with Gasteiger partial charge >= 0.3 is 0 Å². The number of aliphatic hydroxyl groups excluding tert-OH is 4. The molecule has 0 amide bonds. The number of hydrogen-bond donors (Lipinski definition) is 5. The summed E-state index contributed by atoms with van der Waals surface area (Å²) in [7, 11) is 0. The lowest BCUT2D eigenvalue weighted by atomic mass is 9.92. The lowest BCUT2D eigenvalue weighted by Crippen LogP contribution is -2.59. The largest absolute Gasteiger partial charge is 0.394 e. The minimum Gasteiger partial charge on any atom is -0.394 e. The highest BCUT2D eigenvalue weighted by Crippen LogP contribution is 2.24. The van der Waals surface area contributed by atoms with Gasteiger partial charge in [0.2, 0.25) is 0 Å². The predicted octanol–water partition coefficient (Wildman–Crippen LogP) is -0.281. The van der Waals surface area contributed by atoms with E-state index in [0.717, 1.165) is 5.69 Å². The maximum Gasteiger partial charge on any atom is 0.111 e. The van der Waals surface area contributed by atoms with Gasteiger partial charge in [-0.15, -0.1) is 0 Å². The fraction of sp³-hybridized carbons (Fsp3) is 0.600. The molecule has 2 rings (SSSR count). The predicted molar refractivity (Wildman–Crippen MR) is 77.9 cm³/mol. The summed E-state index contributed by atoms with van der Waals surface area (Å²) in [6.07, 6.45) is -4.86. The summed E-state index contributed by atoms with van der Waals surface area (Å²) in [5.41, 5.74) is 0.953. The minimum atomic E-state index is -1.31. The molecule has 0 aromatic heterocycles. The van der Waals surface area contributed by atoms with Gasteiger partial charge in [0, 0.05) is 11.7 Å². The third kappa shape index (κ3) is 3.93. The molecule has 6 nitrogen and oxygen atoms in total. The van der Waals surface area contributed by atoms with Gasteiger partial charge in [-0.1, -0.05) is 18.2 Å². The van der Waals surface area contributed by atoms with E-state index >= 15 is 0 Å². The molecular weight excluding hydrogens is 274 g/mol. The molecule has 21 heavy (non-hydrogen) atoms. The van der Waals surface area contributed by atoms with Gasteiger partial charge in [0.25, 0.3) is 0 Å². The molecule has 0 radical (unpaired) electrons. The lowest BCUT2D eigenvalue weighted by molar-refractivity contribution is -0.230. The number of hydrogen-bond acceptors (Lipinski definition) is 6. The van der Waals surface area contributed by atoms with Crippen LogP contribution in [0.3, 0.4) is 0 Å². The first-order chi connectivity index (χ1) is 10.0. The molecule has 1 aliphatic rings. The smallest absolute Gasteiger partial charge is 0.111 e. The fourth-order valence-electron chi connectivity index (χ4n) is 2.60. The first kappa shape index (κ1) is 16.2. The second-order valence-corrected chi connectivity index (χ2v) is 5.51. The van der Waals surface area contributed by atoms with Crippen LogP contribution in [0.5, 0.6) is 0 Å². The molecule has 0 saturated carbocycles. The van der Waals surface area contributed by atoms with Crippen molar-refractivity contribution >= 4 is 5.69 Å². The van der Waals surface area contributed by atoms with Gasteiger partial charge in [0.15, 0.2) is 0 Å². The maximum atomic E-state index is 9.99. The molecule has 1 fully saturated rings. The maximum absolute atomic E-state index is 9.99. The van der Waals surface area contributed by atoms with Crippen LogP contribution in [0.1, 0.15) is 13.3 Å². The molecule has 0 bridgehead atoms. The van der Waals surface area contributed by atoms with E-state index in [1.807, 2.05) is 37.3 Å². The van der Waals surface area contributed by atoms with Gasteiger partial charge in [0.05, 0.1) is 12.7 Å². The number of para-hydroxylation sites is 1. The van der Waals surface area contributed by atoms with Crippen molar-refractivity contribution in [1.82, 2.24) is 0 Å². The van der Waals surface area contributed by atoms with Crippen molar-refractivity contribution in [2.24, 2.45) is 0 Å². The molecule has 1 aliphatic heterocycles. The van der Waals surface area contributed by atoms with Crippen molar-refractivity contribution in [3.05, 3.63) is 30.3 Å². The van der Waals surface area contributed by atoms with Crippen molar-refractivity contribution in [3.8, 4) is 0 Å². The Labute approximate surface area is 124 Å². The number of aliphatic hydroxyl groups is 4. The monoisotopic (exact) mass is 297 g/mol. The summed E-state index contributed by atoms with van der Waals surface area (Å²) in [6, 6.07) is 9.63. The van der Waals surface area contributed by atoms with Gasteiger partial charge in [-0.3, -0.25) is 0 Å². The summed E-state index contributed by atoms with van der Waals surface area (Å²) in [4.78, 5) is 0. The van der Waals surface area contributed by atoms with Crippen LogP contribution in [0.2, 0.25) is 0 Å². The van der Waals surface area contributed by atoms with Crippen molar-refractivity contribution in [2.45, 2.75) is 49.9 Å². The van der Waals surface area contributed by atoms with Gasteiger partial charge in [-0.25, -0.2) is 0 Å². The summed E-state index contributed by atoms with van der Waals surface area (Å²) < 4.78 is 5.49. The number of rotatable bonds is 5. The first-order valence-electron chi connectivity index (χ1n) is 7.15. The lowest BCUT2D eigenvalue weighted by Gasteiger charge is -2.41. The summed E-state index contributed by atoms with van der Waals surface area (Å²) in [6.45, 7) is 1.54. The van der Waals surface area contributed by atoms with Crippen LogP contribution in [0, 0.1) is 0 Å². The van der Waals surface area contributed by atoms with Crippen LogP contribution < -0.4 is 5.32 Å². The molecule has 1 unspecified atom stereocenters. The highest BCUT2D eigenvalue weighted by Gasteiger charge is 2.43. The Morgan fingerprint density at radius 2 is 1.67 bits per heavy atom. The summed E-state index contributed by atoms with van der Waals surface area (Å²) in [5.74, 6) is 0. The van der Waals surface area contributed by atoms with Crippen molar-refractivity contribution in [3.63, 3.8) is 0 Å². The number of nitrogens with one attached hydrogen (secondary N) is 1. The van der Waals surface area contributed by atoms with Crippen LogP contribution >= 0.6 is 0 Å². The molecule has 5 N–H and O–H groups in total. The Hall–Kier alpha value is -1.18. The van der Waals surface area contributed by atoms with E-state index in [4.69, 9.17) is 9.84 Å². The second kappa shape index (κ2) is 7.20. The molecule has 6 heteroatoms. The van der Waals surface area contributed by atoms with E-state index in [-0.39, 0.29) is 6.04 Å². The molecule has 0 aliphatic carbocycles. The Bertz CT molecular complexity index is 427. The quantitative estimate of drug-likeness (QED) is 0.512. The average molecular weight is 297 g/mol. The third-order valence-corrected chi connectivity index (χ3v) is 3.76. The van der Waals surface area contributed by atoms with E-state index in [1.54, 1.807) is 0 Å². The molecule has 1 aromatic carbocycles. The van der Waals surface area contributed by atoms with Crippen LogP contribution in [-0.4, -0.2) is 63.6 Å². The van der Waals surface area contributed by atoms with E-state index in [2.05, 4.69) is 5.32 Å². The minimum absolute atomic E-state index is 0.00571. The van der Waals surface area contributed by atoms with Gasteiger partial charge in [0.1, 0.15) is 24.4 Å². The van der Waals surface area contributed by atoms with E-state index in [9.17, 15) is 15.3 Å². The van der Waals surface area contributed by atoms with Gasteiger partial charge in [-0.05, 0) is 25.5 Å². The molecule has 6 atom stereocenters. The van der Waals surface area contributed by atoms with Gasteiger partial charge < -0.3 is 30.5 Å². The fourth-order valence-corrected chi connectivity index (χ4v) is 2.60. The Morgan fingerprint density at radius 3 is 2.29 bits per heavy atom. The van der Waals surface area contributed by atoms with Crippen LogP contribution in [0.25, 0.3) is 0 Å². The number of anilines is 1. The average Bonchev–Trinajstić information content (AvgIpc) is 2.49. The highest BCUT2D eigenvalue weighted by atomic mass is 16.5. The molecule has 0 spiro atoms. The standard InChI is InChI=1S/C15H23NO5/c1-9(16-10-5-3-2-4-6-10)7-11-13(18)15(20)14(19)12(8-17)21-11/h2-6,9,11-20H,7-8H2,1H3/t9?,11-,12+,13-,14-,15+/m0/s1. The Balaban J connectivity index is 1.94. The Morgan fingerprint density at radius 1 is 1.05 bits per heavy atom. The first-order valence-corrected chi connectivity index (χ1v) is 7.15. The highest BCUT2D eigenvalue weighted by molar-refractivity contribution is 5.43. The zero-order valence-electron chi connectivity index (χ0n) is 12.0. The van der Waals surface area contributed by atoms with Crippen LogP contribution in [-0.2, 0) is 4.74 Å². The number of ether oxygens (including phenoxy) is 1. The molecule has 1 heterocycles. The Kier molecular flexibility index (Phi) is 5.55. The van der Waals surface area contributed by atoms with Gasteiger partial charge in [-0.2, -0.15) is 0 Å². The van der Waals surface area contributed by atoms with Crippen LogP contribution in [0.15, 0.2) is 30.3 Å². The third-order valence-electron chi connectivity index (χ3n) is 3.76. The topological polar surface area (TPSA) is 102 Å². The zero-order valence-corrected chi connectivity index (χ0v) is 12.0. The number of benzene rings is 1. The molecule has 118 valence electrons.